The number of aromatic nitrogens is 4. The van der Waals surface area contributed by atoms with Crippen LogP contribution in [0.1, 0.15) is 5.56 Å². The molecule has 6 nitrogen and oxygen atoms in total. The Labute approximate surface area is 173 Å². The zero-order chi connectivity index (χ0) is 19.6. The fourth-order valence-electron chi connectivity index (χ4n) is 3.43. The first-order chi connectivity index (χ1) is 14.3. The topological polar surface area (TPSA) is 75.6 Å². The molecule has 0 radical (unpaired) electrons. The summed E-state index contributed by atoms with van der Waals surface area (Å²) in [6, 6.07) is 13.7. The van der Waals surface area contributed by atoms with Gasteiger partial charge in [0.25, 0.3) is 0 Å². The van der Waals surface area contributed by atoms with E-state index in [0.717, 1.165) is 45.3 Å². The van der Waals surface area contributed by atoms with Gasteiger partial charge in [-0.2, -0.15) is 0 Å². The number of nitrogens with one attached hydrogen (secondary N) is 2. The van der Waals surface area contributed by atoms with Crippen molar-refractivity contribution in [3.05, 3.63) is 77.8 Å². The van der Waals surface area contributed by atoms with Crippen LogP contribution in [-0.4, -0.2) is 26.5 Å². The minimum atomic E-state index is 0.582. The molecule has 5 rings (SSSR count). The standard InChI is InChI=1S/C22H17ClN6/c23-15-4-1-3-14(11-15)6-10-26-22-27-12-18-16-7-9-24-13-19(16)28-21-17(20(18)29-22)5-2-8-25-21/h1-5,7-9,11-13H,6,10H2,(H,25,28)(H,26,27,29). The van der Waals surface area contributed by atoms with Gasteiger partial charge in [-0.25, -0.2) is 15.0 Å². The lowest BCUT2D eigenvalue weighted by Gasteiger charge is -2.11. The predicted octanol–water partition coefficient (Wildman–Crippen LogP) is 4.97. The minimum absolute atomic E-state index is 0.582. The third-order valence-corrected chi connectivity index (χ3v) is 5.04. The molecule has 1 aromatic carbocycles. The maximum absolute atomic E-state index is 6.06. The highest BCUT2D eigenvalue weighted by atomic mass is 35.5. The molecule has 142 valence electrons. The van der Waals surface area contributed by atoms with Gasteiger partial charge in [-0.05, 0) is 42.3 Å². The molecule has 0 aliphatic carbocycles. The van der Waals surface area contributed by atoms with Crippen molar-refractivity contribution >= 4 is 29.1 Å². The van der Waals surface area contributed by atoms with E-state index in [1.54, 1.807) is 18.6 Å². The number of rotatable bonds is 4. The van der Waals surface area contributed by atoms with Crippen molar-refractivity contribution in [1.29, 1.82) is 0 Å². The summed E-state index contributed by atoms with van der Waals surface area (Å²) in [7, 11) is 0. The Bertz CT molecular complexity index is 1190. The summed E-state index contributed by atoms with van der Waals surface area (Å²) >= 11 is 6.06. The average molecular weight is 401 g/mol. The smallest absolute Gasteiger partial charge is 0.223 e. The lowest BCUT2D eigenvalue weighted by molar-refractivity contribution is 0.986. The average Bonchev–Trinajstić information content (AvgIpc) is 2.88. The molecule has 1 aliphatic heterocycles. The molecule has 0 saturated heterocycles. The third kappa shape index (κ3) is 3.50. The monoisotopic (exact) mass is 400 g/mol. The maximum atomic E-state index is 6.06. The molecule has 0 bridgehead atoms. The van der Waals surface area contributed by atoms with Crippen LogP contribution in [-0.2, 0) is 6.42 Å². The Kier molecular flexibility index (Phi) is 4.54. The molecule has 0 unspecified atom stereocenters. The van der Waals surface area contributed by atoms with E-state index in [0.29, 0.717) is 12.5 Å². The molecule has 0 amide bonds. The highest BCUT2D eigenvalue weighted by Gasteiger charge is 2.21. The molecular formula is C22H17ClN6. The molecule has 0 spiro atoms. The van der Waals surface area contributed by atoms with Gasteiger partial charge in [-0.1, -0.05) is 23.7 Å². The number of hydrogen-bond acceptors (Lipinski definition) is 6. The van der Waals surface area contributed by atoms with E-state index in [9.17, 15) is 0 Å². The number of nitrogens with zero attached hydrogens (tertiary/aromatic N) is 4. The van der Waals surface area contributed by atoms with Gasteiger partial charge in [-0.3, -0.25) is 4.98 Å². The van der Waals surface area contributed by atoms with Gasteiger partial charge in [0.2, 0.25) is 5.95 Å². The molecule has 4 aromatic rings. The zero-order valence-corrected chi connectivity index (χ0v) is 16.2. The second-order valence-corrected chi connectivity index (χ2v) is 7.14. The lowest BCUT2D eigenvalue weighted by atomic mass is 10.0. The Balaban J connectivity index is 1.48. The van der Waals surface area contributed by atoms with E-state index in [1.165, 1.54) is 5.56 Å². The fraction of sp³-hybridized carbons (Fsp3) is 0.0909. The first-order valence-electron chi connectivity index (χ1n) is 9.30. The van der Waals surface area contributed by atoms with Gasteiger partial charge < -0.3 is 10.6 Å². The Morgan fingerprint density at radius 3 is 2.83 bits per heavy atom. The SMILES string of the molecule is Clc1cccc(CCNc2ncc3c(n2)-c2cccnc2Nc2cnccc2-3)c1. The summed E-state index contributed by atoms with van der Waals surface area (Å²) in [6.07, 6.45) is 8.00. The van der Waals surface area contributed by atoms with E-state index in [1.807, 2.05) is 42.6 Å². The van der Waals surface area contributed by atoms with Crippen LogP contribution in [0.2, 0.25) is 5.02 Å². The van der Waals surface area contributed by atoms with Crippen molar-refractivity contribution in [2.45, 2.75) is 6.42 Å². The quantitative estimate of drug-likeness (QED) is 0.443. The van der Waals surface area contributed by atoms with Crippen molar-refractivity contribution in [1.82, 2.24) is 19.9 Å². The lowest BCUT2D eigenvalue weighted by Crippen LogP contribution is -2.08. The molecule has 0 saturated carbocycles. The molecule has 0 atom stereocenters. The van der Waals surface area contributed by atoms with Crippen molar-refractivity contribution in [2.24, 2.45) is 0 Å². The summed E-state index contributed by atoms with van der Waals surface area (Å²) < 4.78 is 0. The highest BCUT2D eigenvalue weighted by molar-refractivity contribution is 6.30. The molecule has 7 heteroatoms. The van der Waals surface area contributed by atoms with Gasteiger partial charge in [0, 0.05) is 46.8 Å². The summed E-state index contributed by atoms with van der Waals surface area (Å²) in [5, 5.41) is 7.43. The van der Waals surface area contributed by atoms with Gasteiger partial charge in [0.15, 0.2) is 0 Å². The van der Waals surface area contributed by atoms with Crippen molar-refractivity contribution in [3.63, 3.8) is 0 Å². The number of benzene rings is 1. The van der Waals surface area contributed by atoms with Crippen LogP contribution in [0.5, 0.6) is 0 Å². The van der Waals surface area contributed by atoms with Gasteiger partial charge >= 0.3 is 0 Å². The Hall–Kier alpha value is -3.51. The first kappa shape index (κ1) is 17.6. The van der Waals surface area contributed by atoms with E-state index >= 15 is 0 Å². The Morgan fingerprint density at radius 1 is 0.931 bits per heavy atom. The van der Waals surface area contributed by atoms with Crippen LogP contribution in [0.4, 0.5) is 17.5 Å². The zero-order valence-electron chi connectivity index (χ0n) is 15.4. The van der Waals surface area contributed by atoms with Gasteiger partial charge in [0.1, 0.15) is 5.82 Å². The Morgan fingerprint density at radius 2 is 1.90 bits per heavy atom. The van der Waals surface area contributed by atoms with Crippen LogP contribution in [0.15, 0.2) is 67.3 Å². The largest absolute Gasteiger partial charge is 0.354 e. The minimum Gasteiger partial charge on any atom is -0.354 e. The number of hydrogen-bond donors (Lipinski definition) is 2. The highest BCUT2D eigenvalue weighted by Crippen LogP contribution is 2.41. The number of pyridine rings is 2. The van der Waals surface area contributed by atoms with Crippen LogP contribution < -0.4 is 10.6 Å². The molecule has 29 heavy (non-hydrogen) atoms. The number of halogens is 1. The summed E-state index contributed by atoms with van der Waals surface area (Å²) in [6.45, 7) is 0.706. The third-order valence-electron chi connectivity index (χ3n) is 4.80. The maximum Gasteiger partial charge on any atom is 0.223 e. The number of fused-ring (bicyclic) bond motifs is 5. The molecule has 4 heterocycles. The summed E-state index contributed by atoms with van der Waals surface area (Å²) in [5.74, 6) is 1.34. The van der Waals surface area contributed by atoms with Crippen molar-refractivity contribution in [2.75, 3.05) is 17.2 Å². The molecule has 0 fully saturated rings. The van der Waals surface area contributed by atoms with Crippen molar-refractivity contribution < 1.29 is 0 Å². The second kappa shape index (κ2) is 7.48. The molecular weight excluding hydrogens is 384 g/mol. The normalized spacial score (nSPS) is 11.5. The van der Waals surface area contributed by atoms with Crippen LogP contribution in [0, 0.1) is 0 Å². The van der Waals surface area contributed by atoms with Crippen LogP contribution >= 0.6 is 11.6 Å². The summed E-state index contributed by atoms with van der Waals surface area (Å²) in [4.78, 5) is 18.1. The number of anilines is 3. The van der Waals surface area contributed by atoms with E-state index < -0.39 is 0 Å². The second-order valence-electron chi connectivity index (χ2n) is 6.71. The predicted molar refractivity (Wildman–Crippen MR) is 115 cm³/mol. The molecule has 2 N–H and O–H groups in total. The van der Waals surface area contributed by atoms with Crippen LogP contribution in [0.25, 0.3) is 22.4 Å². The van der Waals surface area contributed by atoms with E-state index in [2.05, 4.69) is 31.7 Å². The van der Waals surface area contributed by atoms with Gasteiger partial charge in [-0.15, -0.1) is 0 Å². The van der Waals surface area contributed by atoms with Crippen LogP contribution in [0.3, 0.4) is 0 Å². The van der Waals surface area contributed by atoms with E-state index in [4.69, 9.17) is 16.6 Å². The molecule has 3 aromatic heterocycles. The summed E-state index contributed by atoms with van der Waals surface area (Å²) in [5.41, 5.74) is 5.77. The van der Waals surface area contributed by atoms with Crippen molar-refractivity contribution in [3.8, 4) is 22.4 Å². The van der Waals surface area contributed by atoms with E-state index in [-0.39, 0.29) is 0 Å². The first-order valence-corrected chi connectivity index (χ1v) is 9.68. The molecule has 1 aliphatic rings. The van der Waals surface area contributed by atoms with Gasteiger partial charge in [0.05, 0.1) is 17.6 Å². The fourth-order valence-corrected chi connectivity index (χ4v) is 3.65.